The number of carbonyl (C=O) groups is 2. The SMILES string of the molecule is CC(=O)C1C=CC2=C(COc3cc4c(cc32)CCCC4=O)C1. The third kappa shape index (κ3) is 2.04. The van der Waals surface area contributed by atoms with E-state index in [2.05, 4.69) is 12.1 Å². The van der Waals surface area contributed by atoms with Crippen LogP contribution in [0.1, 0.15) is 47.7 Å². The number of aryl methyl sites for hydroxylation is 1. The molecule has 0 fully saturated rings. The monoisotopic (exact) mass is 294 g/mol. The molecule has 112 valence electrons. The van der Waals surface area contributed by atoms with Crippen LogP contribution in [0.2, 0.25) is 0 Å². The Morgan fingerprint density at radius 2 is 2.09 bits per heavy atom. The van der Waals surface area contributed by atoms with Gasteiger partial charge in [-0.2, -0.15) is 0 Å². The molecule has 0 spiro atoms. The van der Waals surface area contributed by atoms with Crippen LogP contribution >= 0.6 is 0 Å². The van der Waals surface area contributed by atoms with Gasteiger partial charge in [0.25, 0.3) is 0 Å². The van der Waals surface area contributed by atoms with Gasteiger partial charge >= 0.3 is 0 Å². The molecule has 0 saturated carbocycles. The number of hydrogen-bond donors (Lipinski definition) is 0. The largest absolute Gasteiger partial charge is 0.489 e. The standard InChI is InChI=1S/C19H18O3/c1-11(20)12-5-6-15-14(7-12)10-22-19-9-16-13(8-17(15)19)3-2-4-18(16)21/h5-6,8-9,12H,2-4,7,10H2,1H3. The Bertz CT molecular complexity index is 752. The fourth-order valence-corrected chi connectivity index (χ4v) is 3.63. The van der Waals surface area contributed by atoms with E-state index < -0.39 is 0 Å². The molecule has 1 heterocycles. The summed E-state index contributed by atoms with van der Waals surface area (Å²) in [5.74, 6) is 1.20. The highest BCUT2D eigenvalue weighted by Crippen LogP contribution is 2.41. The van der Waals surface area contributed by atoms with Gasteiger partial charge in [-0.25, -0.2) is 0 Å². The van der Waals surface area contributed by atoms with E-state index in [0.29, 0.717) is 13.0 Å². The minimum absolute atomic E-state index is 0.0249. The lowest BCUT2D eigenvalue weighted by atomic mass is 9.81. The molecule has 22 heavy (non-hydrogen) atoms. The lowest BCUT2D eigenvalue weighted by Gasteiger charge is -2.29. The van der Waals surface area contributed by atoms with E-state index in [9.17, 15) is 9.59 Å². The molecule has 4 rings (SSSR count). The van der Waals surface area contributed by atoms with E-state index in [1.807, 2.05) is 12.1 Å². The number of ketones is 2. The smallest absolute Gasteiger partial charge is 0.163 e. The molecule has 1 unspecified atom stereocenters. The number of benzene rings is 1. The van der Waals surface area contributed by atoms with Crippen molar-refractivity contribution >= 4 is 17.1 Å². The van der Waals surface area contributed by atoms with E-state index >= 15 is 0 Å². The molecule has 1 aromatic rings. The first-order chi connectivity index (χ1) is 10.6. The minimum Gasteiger partial charge on any atom is -0.489 e. The maximum atomic E-state index is 12.1. The molecule has 0 saturated heterocycles. The summed E-state index contributed by atoms with van der Waals surface area (Å²) in [4.78, 5) is 23.6. The summed E-state index contributed by atoms with van der Waals surface area (Å²) in [6.07, 6.45) is 7.33. The number of ether oxygens (including phenoxy) is 1. The highest BCUT2D eigenvalue weighted by Gasteiger charge is 2.28. The third-order valence-electron chi connectivity index (χ3n) is 4.91. The van der Waals surface area contributed by atoms with Crippen LogP contribution in [0.4, 0.5) is 0 Å². The first-order valence-corrected chi connectivity index (χ1v) is 7.87. The summed E-state index contributed by atoms with van der Waals surface area (Å²) in [6, 6.07) is 4.04. The first-order valence-electron chi connectivity index (χ1n) is 7.87. The van der Waals surface area contributed by atoms with Crippen LogP contribution in [0.15, 0.2) is 29.9 Å². The Kier molecular flexibility index (Phi) is 3.03. The first kappa shape index (κ1) is 13.5. The predicted octanol–water partition coefficient (Wildman–Crippen LogP) is 3.52. The van der Waals surface area contributed by atoms with Crippen LogP contribution in [0, 0.1) is 5.92 Å². The summed E-state index contributed by atoms with van der Waals surface area (Å²) in [7, 11) is 0. The molecule has 1 aromatic carbocycles. The molecule has 0 N–H and O–H groups in total. The van der Waals surface area contributed by atoms with Gasteiger partial charge in [0.1, 0.15) is 18.1 Å². The van der Waals surface area contributed by atoms with Crippen LogP contribution in [0.5, 0.6) is 5.75 Å². The van der Waals surface area contributed by atoms with Gasteiger partial charge in [0.2, 0.25) is 0 Å². The van der Waals surface area contributed by atoms with Gasteiger partial charge in [-0.1, -0.05) is 12.2 Å². The molecular weight excluding hydrogens is 276 g/mol. The Balaban J connectivity index is 1.79. The second-order valence-electron chi connectivity index (χ2n) is 6.37. The molecule has 0 bridgehead atoms. The molecule has 3 heteroatoms. The molecule has 3 nitrogen and oxygen atoms in total. The van der Waals surface area contributed by atoms with Gasteiger partial charge < -0.3 is 4.74 Å². The Morgan fingerprint density at radius 1 is 1.23 bits per heavy atom. The molecule has 3 aliphatic rings. The van der Waals surface area contributed by atoms with E-state index in [0.717, 1.165) is 41.7 Å². The molecule has 0 aromatic heterocycles. The van der Waals surface area contributed by atoms with E-state index in [1.165, 1.54) is 11.1 Å². The van der Waals surface area contributed by atoms with Crippen LogP contribution in [-0.2, 0) is 11.2 Å². The van der Waals surface area contributed by atoms with Crippen LogP contribution in [-0.4, -0.2) is 18.2 Å². The van der Waals surface area contributed by atoms with Crippen molar-refractivity contribution in [2.75, 3.05) is 6.61 Å². The topological polar surface area (TPSA) is 43.4 Å². The minimum atomic E-state index is -0.0249. The average molecular weight is 294 g/mol. The van der Waals surface area contributed by atoms with E-state index in [1.54, 1.807) is 6.92 Å². The number of Topliss-reactive ketones (excluding diaryl/α,β-unsaturated/α-hetero) is 2. The van der Waals surface area contributed by atoms with Crippen molar-refractivity contribution in [3.05, 3.63) is 46.5 Å². The Morgan fingerprint density at radius 3 is 2.91 bits per heavy atom. The molecule has 2 aliphatic carbocycles. The van der Waals surface area contributed by atoms with Crippen molar-refractivity contribution in [1.82, 2.24) is 0 Å². The van der Waals surface area contributed by atoms with Gasteiger partial charge in [-0.3, -0.25) is 9.59 Å². The van der Waals surface area contributed by atoms with Gasteiger partial charge in [0.05, 0.1) is 0 Å². The van der Waals surface area contributed by atoms with E-state index in [-0.39, 0.29) is 17.5 Å². The van der Waals surface area contributed by atoms with Crippen LogP contribution in [0.3, 0.4) is 0 Å². The fraction of sp³-hybridized carbons (Fsp3) is 0.368. The molecule has 1 atom stereocenters. The summed E-state index contributed by atoms with van der Waals surface area (Å²) in [5.41, 5.74) is 5.41. The maximum Gasteiger partial charge on any atom is 0.163 e. The lowest BCUT2D eigenvalue weighted by Crippen LogP contribution is -2.20. The second-order valence-corrected chi connectivity index (χ2v) is 6.37. The second kappa shape index (κ2) is 4.94. The van der Waals surface area contributed by atoms with Crippen molar-refractivity contribution in [3.8, 4) is 5.75 Å². The van der Waals surface area contributed by atoms with Crippen molar-refractivity contribution in [3.63, 3.8) is 0 Å². The molecule has 1 aliphatic heterocycles. The maximum absolute atomic E-state index is 12.1. The number of hydrogen-bond acceptors (Lipinski definition) is 3. The van der Waals surface area contributed by atoms with Crippen LogP contribution in [0.25, 0.3) is 5.57 Å². The number of rotatable bonds is 1. The van der Waals surface area contributed by atoms with Crippen molar-refractivity contribution < 1.29 is 14.3 Å². The lowest BCUT2D eigenvalue weighted by molar-refractivity contribution is -0.119. The van der Waals surface area contributed by atoms with Gasteiger partial charge in [0.15, 0.2) is 5.78 Å². The average Bonchev–Trinajstić information content (AvgIpc) is 2.53. The van der Waals surface area contributed by atoms with Crippen molar-refractivity contribution in [2.45, 2.75) is 32.6 Å². The quantitative estimate of drug-likeness (QED) is 0.796. The molecular formula is C19H18O3. The van der Waals surface area contributed by atoms with Crippen LogP contribution < -0.4 is 4.74 Å². The summed E-state index contributed by atoms with van der Waals surface area (Å²) in [6.45, 7) is 2.16. The molecule has 0 radical (unpaired) electrons. The number of fused-ring (bicyclic) bond motifs is 3. The van der Waals surface area contributed by atoms with Crippen molar-refractivity contribution in [1.29, 1.82) is 0 Å². The Labute approximate surface area is 129 Å². The molecule has 0 amide bonds. The Hall–Kier alpha value is -2.16. The van der Waals surface area contributed by atoms with Gasteiger partial charge in [-0.15, -0.1) is 0 Å². The predicted molar refractivity (Wildman–Crippen MR) is 84.1 cm³/mol. The van der Waals surface area contributed by atoms with Gasteiger partial charge in [0, 0.05) is 23.5 Å². The van der Waals surface area contributed by atoms with E-state index in [4.69, 9.17) is 4.74 Å². The number of allylic oxidation sites excluding steroid dienone is 3. The van der Waals surface area contributed by atoms with Gasteiger partial charge in [-0.05, 0) is 55.0 Å². The summed E-state index contributed by atoms with van der Waals surface area (Å²) in [5, 5.41) is 0. The third-order valence-corrected chi connectivity index (χ3v) is 4.91. The zero-order valence-corrected chi connectivity index (χ0v) is 12.6. The highest BCUT2D eigenvalue weighted by molar-refractivity contribution is 6.00. The normalized spacial score (nSPS) is 22.6. The highest BCUT2D eigenvalue weighted by atomic mass is 16.5. The fourth-order valence-electron chi connectivity index (χ4n) is 3.63. The number of carbonyl (C=O) groups excluding carboxylic acids is 2. The van der Waals surface area contributed by atoms with Crippen molar-refractivity contribution in [2.24, 2.45) is 5.92 Å². The zero-order valence-electron chi connectivity index (χ0n) is 12.6. The summed E-state index contributed by atoms with van der Waals surface area (Å²) >= 11 is 0. The zero-order chi connectivity index (χ0) is 15.3. The summed E-state index contributed by atoms with van der Waals surface area (Å²) < 4.78 is 5.88.